The average Bonchev–Trinajstić information content (AvgIpc) is 3.10. The van der Waals surface area contributed by atoms with Gasteiger partial charge in [-0.05, 0) is 41.8 Å². The topological polar surface area (TPSA) is 17.4 Å². The van der Waals surface area contributed by atoms with Gasteiger partial charge in [0.1, 0.15) is 11.6 Å². The van der Waals surface area contributed by atoms with Crippen molar-refractivity contribution in [3.63, 3.8) is 0 Å². The Bertz CT molecular complexity index is 888. The summed E-state index contributed by atoms with van der Waals surface area (Å²) in [4.78, 5) is 2.44. The van der Waals surface area contributed by atoms with Crippen LogP contribution in [0.15, 0.2) is 66.9 Å². The summed E-state index contributed by atoms with van der Waals surface area (Å²) < 4.78 is 21.6. The van der Waals surface area contributed by atoms with E-state index in [1.54, 1.807) is 13.2 Å². The lowest BCUT2D eigenvalue weighted by Gasteiger charge is -2.25. The molecule has 0 fully saturated rings. The number of rotatable bonds is 9. The third kappa shape index (κ3) is 5.46. The lowest BCUT2D eigenvalue weighted by atomic mass is 10.1. The largest absolute Gasteiger partial charge is 0.497 e. The zero-order valence-corrected chi connectivity index (χ0v) is 16.9. The van der Waals surface area contributed by atoms with Crippen LogP contribution in [0.2, 0.25) is 0 Å². The van der Waals surface area contributed by atoms with Gasteiger partial charge >= 0.3 is 0 Å². The van der Waals surface area contributed by atoms with Gasteiger partial charge in [-0.1, -0.05) is 44.2 Å². The Hall–Kier alpha value is -2.59. The summed E-state index contributed by atoms with van der Waals surface area (Å²) in [5.74, 6) is 1.28. The number of hydrogen-bond donors (Lipinski definition) is 0. The second kappa shape index (κ2) is 9.56. The molecule has 2 aromatic carbocycles. The molecule has 0 radical (unpaired) electrons. The smallest absolute Gasteiger partial charge is 0.128 e. The minimum absolute atomic E-state index is 0.155. The first-order valence-corrected chi connectivity index (χ1v) is 9.78. The van der Waals surface area contributed by atoms with Crippen molar-refractivity contribution in [2.24, 2.45) is 5.92 Å². The van der Waals surface area contributed by atoms with E-state index in [1.807, 2.05) is 36.5 Å². The maximum Gasteiger partial charge on any atom is 0.128 e. The summed E-state index contributed by atoms with van der Waals surface area (Å²) in [6.45, 7) is 7.66. The molecule has 1 heterocycles. The SMILES string of the molecule is COc1cccc(CN(Cc2cccn2Cc2ccccc2F)CC(C)C)c1. The Morgan fingerprint density at radius 2 is 1.82 bits per heavy atom. The van der Waals surface area contributed by atoms with Crippen LogP contribution < -0.4 is 4.74 Å². The predicted molar refractivity (Wildman–Crippen MR) is 112 cm³/mol. The lowest BCUT2D eigenvalue weighted by molar-refractivity contribution is 0.222. The van der Waals surface area contributed by atoms with E-state index in [0.29, 0.717) is 18.0 Å². The summed E-state index contributed by atoms with van der Waals surface area (Å²) in [5.41, 5.74) is 3.13. The van der Waals surface area contributed by atoms with Crippen LogP contribution in [0.25, 0.3) is 0 Å². The highest BCUT2D eigenvalue weighted by Crippen LogP contribution is 2.18. The molecule has 148 valence electrons. The van der Waals surface area contributed by atoms with Gasteiger partial charge in [0, 0.05) is 37.1 Å². The third-order valence-corrected chi connectivity index (χ3v) is 4.77. The molecule has 1 aromatic heterocycles. The molecule has 0 unspecified atom stereocenters. The van der Waals surface area contributed by atoms with E-state index in [-0.39, 0.29) is 5.82 Å². The minimum atomic E-state index is -0.155. The van der Waals surface area contributed by atoms with Gasteiger partial charge in [0.05, 0.1) is 13.7 Å². The number of benzene rings is 2. The molecule has 0 aliphatic carbocycles. The van der Waals surface area contributed by atoms with Gasteiger partial charge in [-0.3, -0.25) is 4.90 Å². The van der Waals surface area contributed by atoms with Crippen LogP contribution in [0, 0.1) is 11.7 Å². The number of hydrogen-bond acceptors (Lipinski definition) is 2. The molecule has 0 spiro atoms. The van der Waals surface area contributed by atoms with Crippen LogP contribution >= 0.6 is 0 Å². The molecule has 0 aliphatic heterocycles. The first kappa shape index (κ1) is 20.2. The lowest BCUT2D eigenvalue weighted by Crippen LogP contribution is -2.28. The van der Waals surface area contributed by atoms with E-state index in [4.69, 9.17) is 4.74 Å². The zero-order chi connectivity index (χ0) is 19.9. The van der Waals surface area contributed by atoms with Crippen LogP contribution in [0.4, 0.5) is 4.39 Å². The number of methoxy groups -OCH3 is 1. The highest BCUT2D eigenvalue weighted by Gasteiger charge is 2.13. The summed E-state index contributed by atoms with van der Waals surface area (Å²) in [6, 6.07) is 19.4. The fourth-order valence-electron chi connectivity index (χ4n) is 3.52. The Balaban J connectivity index is 1.76. The molecule has 0 bridgehead atoms. The fraction of sp³-hybridized carbons (Fsp3) is 0.333. The Labute approximate surface area is 167 Å². The van der Waals surface area contributed by atoms with Gasteiger partial charge in [0.2, 0.25) is 0 Å². The highest BCUT2D eigenvalue weighted by molar-refractivity contribution is 5.28. The highest BCUT2D eigenvalue weighted by atomic mass is 19.1. The van der Waals surface area contributed by atoms with E-state index in [0.717, 1.165) is 25.4 Å². The third-order valence-electron chi connectivity index (χ3n) is 4.77. The molecule has 0 saturated carbocycles. The number of halogens is 1. The summed E-state index contributed by atoms with van der Waals surface area (Å²) in [6.07, 6.45) is 2.03. The Kier molecular flexibility index (Phi) is 6.88. The second-order valence-corrected chi connectivity index (χ2v) is 7.63. The molecule has 0 aliphatic rings. The number of aromatic nitrogens is 1. The monoisotopic (exact) mass is 380 g/mol. The maximum absolute atomic E-state index is 14.1. The maximum atomic E-state index is 14.1. The van der Waals surface area contributed by atoms with E-state index < -0.39 is 0 Å². The van der Waals surface area contributed by atoms with Crippen LogP contribution in [0.1, 0.15) is 30.7 Å². The molecular weight excluding hydrogens is 351 g/mol. The van der Waals surface area contributed by atoms with E-state index in [9.17, 15) is 4.39 Å². The van der Waals surface area contributed by atoms with Crippen molar-refractivity contribution in [1.29, 1.82) is 0 Å². The van der Waals surface area contributed by atoms with Gasteiger partial charge in [-0.2, -0.15) is 0 Å². The first-order valence-electron chi connectivity index (χ1n) is 9.78. The van der Waals surface area contributed by atoms with Crippen LogP contribution in [0.3, 0.4) is 0 Å². The van der Waals surface area contributed by atoms with Crippen molar-refractivity contribution in [2.45, 2.75) is 33.5 Å². The molecule has 3 nitrogen and oxygen atoms in total. The van der Waals surface area contributed by atoms with Crippen molar-refractivity contribution < 1.29 is 9.13 Å². The number of ether oxygens (including phenoxy) is 1. The minimum Gasteiger partial charge on any atom is -0.497 e. The van der Waals surface area contributed by atoms with Gasteiger partial charge in [-0.15, -0.1) is 0 Å². The van der Waals surface area contributed by atoms with Crippen LogP contribution in [-0.4, -0.2) is 23.1 Å². The quantitative estimate of drug-likeness (QED) is 0.498. The Morgan fingerprint density at radius 1 is 1.00 bits per heavy atom. The van der Waals surface area contributed by atoms with Crippen molar-refractivity contribution in [1.82, 2.24) is 9.47 Å². The van der Waals surface area contributed by atoms with Gasteiger partial charge in [-0.25, -0.2) is 4.39 Å². The molecular formula is C24H29FN2O. The molecule has 0 N–H and O–H groups in total. The van der Waals surface area contributed by atoms with E-state index in [2.05, 4.69) is 41.5 Å². The predicted octanol–water partition coefficient (Wildman–Crippen LogP) is 5.34. The standard InChI is InChI=1S/C24H29FN2O/c1-19(2)15-26(16-20-8-6-11-23(14-20)28-3)18-22-10-7-13-27(22)17-21-9-4-5-12-24(21)25/h4-14,19H,15-18H2,1-3H3. The second-order valence-electron chi connectivity index (χ2n) is 7.63. The summed E-state index contributed by atoms with van der Waals surface area (Å²) in [5, 5.41) is 0. The van der Waals surface area contributed by atoms with Crippen molar-refractivity contribution in [2.75, 3.05) is 13.7 Å². The molecule has 3 aromatic rings. The molecule has 0 amide bonds. The molecule has 3 rings (SSSR count). The number of nitrogens with zero attached hydrogens (tertiary/aromatic N) is 2. The molecule has 0 saturated heterocycles. The van der Waals surface area contributed by atoms with Crippen LogP contribution in [0.5, 0.6) is 5.75 Å². The Morgan fingerprint density at radius 3 is 2.57 bits per heavy atom. The zero-order valence-electron chi connectivity index (χ0n) is 16.9. The van der Waals surface area contributed by atoms with Gasteiger partial charge in [0.15, 0.2) is 0 Å². The van der Waals surface area contributed by atoms with Crippen molar-refractivity contribution in [3.05, 3.63) is 89.5 Å². The first-order chi connectivity index (χ1) is 13.5. The van der Waals surface area contributed by atoms with E-state index >= 15 is 0 Å². The van der Waals surface area contributed by atoms with E-state index in [1.165, 1.54) is 17.3 Å². The van der Waals surface area contributed by atoms with Crippen molar-refractivity contribution in [3.8, 4) is 5.75 Å². The van der Waals surface area contributed by atoms with Crippen molar-refractivity contribution >= 4 is 0 Å². The normalized spacial score (nSPS) is 11.4. The summed E-state index contributed by atoms with van der Waals surface area (Å²) in [7, 11) is 1.70. The summed E-state index contributed by atoms with van der Waals surface area (Å²) >= 11 is 0. The van der Waals surface area contributed by atoms with Gasteiger partial charge in [0.25, 0.3) is 0 Å². The fourth-order valence-corrected chi connectivity index (χ4v) is 3.52. The molecule has 28 heavy (non-hydrogen) atoms. The van der Waals surface area contributed by atoms with Crippen LogP contribution in [-0.2, 0) is 19.6 Å². The average molecular weight is 381 g/mol. The molecule has 0 atom stereocenters. The molecule has 4 heteroatoms. The van der Waals surface area contributed by atoms with Gasteiger partial charge < -0.3 is 9.30 Å².